The third kappa shape index (κ3) is 8.46. The highest BCUT2D eigenvalue weighted by molar-refractivity contribution is 8.76. The topological polar surface area (TPSA) is 217 Å². The number of carboxylic acids is 2. The van der Waals surface area contributed by atoms with Crippen LogP contribution in [0.1, 0.15) is 0 Å². The largest absolute Gasteiger partial charge is 0.480 e. The lowest BCUT2D eigenvalue weighted by Crippen LogP contribution is -2.33. The lowest BCUT2D eigenvalue weighted by atomic mass is 10.1. The number of hydrogen-bond donors (Lipinski definition) is 8. The van der Waals surface area contributed by atoms with Crippen molar-refractivity contribution in [3.05, 3.63) is 0 Å². The number of aliphatic hydroxyl groups excluding tert-OH is 4. The Morgan fingerprint density at radius 2 is 1.38 bits per heavy atom. The maximum absolute atomic E-state index is 10.3. The van der Waals surface area contributed by atoms with Gasteiger partial charge in [-0.05, 0) is 0 Å². The molecule has 10 N–H and O–H groups in total. The monoisotopic (exact) mass is 390 g/mol. The van der Waals surface area contributed by atoms with Crippen LogP contribution in [0.3, 0.4) is 0 Å². The van der Waals surface area contributed by atoms with Gasteiger partial charge in [0.1, 0.15) is 30.4 Å². The van der Waals surface area contributed by atoms with E-state index in [4.69, 9.17) is 42.1 Å². The van der Waals surface area contributed by atoms with Crippen LogP contribution in [0.5, 0.6) is 0 Å². The zero-order chi connectivity index (χ0) is 18.9. The predicted octanol–water partition coefficient (Wildman–Crippen LogP) is -3.39. The van der Waals surface area contributed by atoms with Gasteiger partial charge in [-0.3, -0.25) is 9.59 Å². The molecular formula is C11H22N2O9S2. The first-order chi connectivity index (χ1) is 11.1. The van der Waals surface area contributed by atoms with E-state index in [-0.39, 0.29) is 11.5 Å². The molecule has 1 aliphatic rings. The van der Waals surface area contributed by atoms with E-state index in [1.807, 2.05) is 0 Å². The number of carboxylic acid groups (broad SMARTS) is 2. The van der Waals surface area contributed by atoms with E-state index in [1.165, 1.54) is 21.6 Å². The molecule has 0 bridgehead atoms. The van der Waals surface area contributed by atoms with Gasteiger partial charge in [-0.25, -0.2) is 0 Å². The molecule has 1 rings (SSSR count). The molecular weight excluding hydrogens is 368 g/mol. The number of nitrogens with two attached hydrogens (primary N) is 2. The molecule has 1 heterocycles. The second-order valence-corrected chi connectivity index (χ2v) is 7.24. The summed E-state index contributed by atoms with van der Waals surface area (Å²) < 4.78 is 4.54. The van der Waals surface area contributed by atoms with Crippen molar-refractivity contribution in [2.24, 2.45) is 11.5 Å². The van der Waals surface area contributed by atoms with Gasteiger partial charge in [0.15, 0.2) is 6.29 Å². The standard InChI is InChI=1S/C6H12N2O4S2.C5H10O5/c7-3(5(9)10)1-13-14-2-4(8)6(11)12;6-1-2-3(7)4(8)5(9)10-2/h3-4H,1-2,7-8H2,(H,9,10)(H,11,12);2-9H,1H2/t3-,4?;2-,3-,4+,5?/m01/s1. The molecule has 0 aliphatic carbocycles. The highest BCUT2D eigenvalue weighted by atomic mass is 33.1. The SMILES string of the molecule is NC(CSSC[C@H](N)C(=O)O)C(=O)O.OC[C@H]1OC(O)[C@@H](O)[C@@H]1O. The van der Waals surface area contributed by atoms with Crippen molar-refractivity contribution < 1.29 is 45.0 Å². The highest BCUT2D eigenvalue weighted by Crippen LogP contribution is 2.22. The Balaban J connectivity index is 0.000000463. The molecule has 1 aliphatic heterocycles. The van der Waals surface area contributed by atoms with Gasteiger partial charge in [-0.2, -0.15) is 0 Å². The summed E-state index contributed by atoms with van der Waals surface area (Å²) in [5.74, 6) is -1.68. The number of hydrogen-bond acceptors (Lipinski definition) is 11. The fraction of sp³-hybridized carbons (Fsp3) is 0.818. The molecule has 0 aromatic carbocycles. The fourth-order valence-electron chi connectivity index (χ4n) is 1.27. The van der Waals surface area contributed by atoms with Crippen molar-refractivity contribution in [1.29, 1.82) is 0 Å². The summed E-state index contributed by atoms with van der Waals surface area (Å²) in [4.78, 5) is 20.5. The third-order valence-corrected chi connectivity index (χ3v) is 5.20. The molecule has 2 unspecified atom stereocenters. The molecule has 0 aromatic rings. The summed E-state index contributed by atoms with van der Waals surface area (Å²) in [5.41, 5.74) is 10.4. The van der Waals surface area contributed by atoms with Crippen LogP contribution < -0.4 is 11.5 Å². The van der Waals surface area contributed by atoms with Gasteiger partial charge in [0.2, 0.25) is 0 Å². The van der Waals surface area contributed by atoms with E-state index in [1.54, 1.807) is 0 Å². The molecule has 6 atom stereocenters. The molecule has 0 aromatic heterocycles. The minimum Gasteiger partial charge on any atom is -0.480 e. The number of aliphatic hydroxyl groups is 4. The van der Waals surface area contributed by atoms with Crippen LogP contribution in [-0.2, 0) is 14.3 Å². The fourth-order valence-corrected chi connectivity index (χ4v) is 3.49. The van der Waals surface area contributed by atoms with Gasteiger partial charge in [-0.15, -0.1) is 0 Å². The summed E-state index contributed by atoms with van der Waals surface area (Å²) in [7, 11) is 2.41. The van der Waals surface area contributed by atoms with Crippen molar-refractivity contribution >= 4 is 33.5 Å². The zero-order valence-electron chi connectivity index (χ0n) is 12.5. The van der Waals surface area contributed by atoms with Crippen LogP contribution in [0.4, 0.5) is 0 Å². The summed E-state index contributed by atoms with van der Waals surface area (Å²) in [6.45, 7) is -0.407. The normalized spacial score (nSPS) is 28.6. The Labute approximate surface area is 145 Å². The lowest BCUT2D eigenvalue weighted by molar-refractivity contribution is -0.138. The number of rotatable bonds is 8. The smallest absolute Gasteiger partial charge is 0.321 e. The van der Waals surface area contributed by atoms with Crippen molar-refractivity contribution in [1.82, 2.24) is 0 Å². The van der Waals surface area contributed by atoms with Crippen LogP contribution in [0.2, 0.25) is 0 Å². The van der Waals surface area contributed by atoms with E-state index in [2.05, 4.69) is 4.74 Å². The van der Waals surface area contributed by atoms with Crippen molar-refractivity contribution in [2.75, 3.05) is 18.1 Å². The van der Waals surface area contributed by atoms with Crippen LogP contribution in [0, 0.1) is 0 Å². The minimum atomic E-state index is -1.38. The molecule has 0 spiro atoms. The quantitative estimate of drug-likeness (QED) is 0.150. The third-order valence-electron chi connectivity index (χ3n) is 2.73. The molecule has 142 valence electrons. The van der Waals surface area contributed by atoms with Gasteiger partial charge in [0.25, 0.3) is 0 Å². The van der Waals surface area contributed by atoms with E-state index < -0.39 is 55.2 Å². The summed E-state index contributed by atoms with van der Waals surface area (Å²) >= 11 is 0. The number of aliphatic carboxylic acids is 2. The first kappa shape index (κ1) is 23.4. The molecule has 11 nitrogen and oxygen atoms in total. The number of ether oxygens (including phenoxy) is 1. The van der Waals surface area contributed by atoms with Gasteiger partial charge in [0, 0.05) is 11.5 Å². The van der Waals surface area contributed by atoms with E-state index in [0.29, 0.717) is 0 Å². The Hall–Kier alpha value is -0.640. The van der Waals surface area contributed by atoms with Crippen LogP contribution >= 0.6 is 21.6 Å². The second kappa shape index (κ2) is 11.8. The average Bonchev–Trinajstić information content (AvgIpc) is 2.78. The molecule has 0 saturated carbocycles. The van der Waals surface area contributed by atoms with E-state index in [9.17, 15) is 9.59 Å². The second-order valence-electron chi connectivity index (χ2n) is 4.69. The molecule has 24 heavy (non-hydrogen) atoms. The van der Waals surface area contributed by atoms with Gasteiger partial charge in [0.05, 0.1) is 6.61 Å². The Morgan fingerprint density at radius 1 is 0.958 bits per heavy atom. The van der Waals surface area contributed by atoms with Crippen LogP contribution in [-0.4, -0.2) is 97.4 Å². The summed E-state index contributed by atoms with van der Waals surface area (Å²) in [6.07, 6.45) is -4.76. The average molecular weight is 390 g/mol. The Kier molecular flexibility index (Phi) is 11.5. The van der Waals surface area contributed by atoms with Gasteiger partial charge < -0.3 is 46.8 Å². The van der Waals surface area contributed by atoms with Crippen molar-refractivity contribution in [3.8, 4) is 0 Å². The Bertz CT molecular complexity index is 382. The molecule has 1 fully saturated rings. The van der Waals surface area contributed by atoms with Crippen LogP contribution in [0.15, 0.2) is 0 Å². The van der Waals surface area contributed by atoms with Crippen LogP contribution in [0.25, 0.3) is 0 Å². The number of carbonyl (C=O) groups is 2. The molecule has 1 saturated heterocycles. The lowest BCUT2D eigenvalue weighted by Gasteiger charge is -2.09. The maximum Gasteiger partial charge on any atom is 0.321 e. The van der Waals surface area contributed by atoms with Gasteiger partial charge >= 0.3 is 11.9 Å². The van der Waals surface area contributed by atoms with Gasteiger partial charge in [-0.1, -0.05) is 21.6 Å². The Morgan fingerprint density at radius 3 is 1.58 bits per heavy atom. The minimum absolute atomic E-state index is 0.229. The zero-order valence-corrected chi connectivity index (χ0v) is 14.1. The predicted molar refractivity (Wildman–Crippen MR) is 86.1 cm³/mol. The van der Waals surface area contributed by atoms with E-state index in [0.717, 1.165) is 0 Å². The van der Waals surface area contributed by atoms with Crippen molar-refractivity contribution in [3.63, 3.8) is 0 Å². The summed E-state index contributed by atoms with van der Waals surface area (Å²) in [5, 5.41) is 51.8. The molecule has 13 heteroatoms. The molecule has 0 amide bonds. The summed E-state index contributed by atoms with van der Waals surface area (Å²) in [6, 6.07) is -1.85. The highest BCUT2D eigenvalue weighted by Gasteiger charge is 2.41. The first-order valence-corrected chi connectivity index (χ1v) is 9.12. The first-order valence-electron chi connectivity index (χ1n) is 6.63. The maximum atomic E-state index is 10.3. The van der Waals surface area contributed by atoms with E-state index >= 15 is 0 Å². The van der Waals surface area contributed by atoms with Crippen molar-refractivity contribution in [2.45, 2.75) is 36.7 Å². The molecule has 0 radical (unpaired) electrons.